The smallest absolute Gasteiger partial charge is 0.258 e. The van der Waals surface area contributed by atoms with Gasteiger partial charge >= 0.3 is 0 Å². The maximum Gasteiger partial charge on any atom is 0.258 e. The van der Waals surface area contributed by atoms with Gasteiger partial charge in [-0.05, 0) is 54.8 Å². The van der Waals surface area contributed by atoms with Crippen LogP contribution in [0.25, 0.3) is 0 Å². The number of anilines is 1. The normalized spacial score (nSPS) is 16.3. The van der Waals surface area contributed by atoms with Gasteiger partial charge in [0.15, 0.2) is 6.61 Å². The van der Waals surface area contributed by atoms with Crippen molar-refractivity contribution in [2.45, 2.75) is 25.5 Å². The first-order chi connectivity index (χ1) is 14.3. The fourth-order valence-electron chi connectivity index (χ4n) is 3.10. The van der Waals surface area contributed by atoms with E-state index >= 15 is 0 Å². The molecule has 1 atom stereocenters. The van der Waals surface area contributed by atoms with E-state index < -0.39 is 10.0 Å². The first kappa shape index (κ1) is 22.4. The van der Waals surface area contributed by atoms with Crippen LogP contribution in [-0.2, 0) is 26.1 Å². The van der Waals surface area contributed by atoms with Gasteiger partial charge in [-0.15, -0.1) is 0 Å². The Morgan fingerprint density at radius 2 is 1.90 bits per heavy atom. The number of carbonyl (C=O) groups is 1. The molecule has 1 amide bonds. The van der Waals surface area contributed by atoms with Crippen molar-refractivity contribution in [3.63, 3.8) is 0 Å². The van der Waals surface area contributed by atoms with Crippen molar-refractivity contribution in [2.24, 2.45) is 0 Å². The molecule has 0 aliphatic carbocycles. The maximum absolute atomic E-state index is 12.3. The van der Waals surface area contributed by atoms with Gasteiger partial charge in [-0.25, -0.2) is 8.42 Å². The lowest BCUT2D eigenvalue weighted by Crippen LogP contribution is -2.35. The fourth-order valence-corrected chi connectivity index (χ4v) is 4.11. The summed E-state index contributed by atoms with van der Waals surface area (Å²) < 4.78 is 36.8. The van der Waals surface area contributed by atoms with Crippen LogP contribution in [-0.4, -0.2) is 46.4 Å². The lowest BCUT2D eigenvalue weighted by atomic mass is 10.2. The summed E-state index contributed by atoms with van der Waals surface area (Å²) in [6.07, 6.45) is 3.21. The molecule has 0 saturated carbocycles. The van der Waals surface area contributed by atoms with Crippen LogP contribution in [0.2, 0.25) is 5.02 Å². The average Bonchev–Trinajstić information content (AvgIpc) is 3.23. The van der Waals surface area contributed by atoms with E-state index in [1.54, 1.807) is 48.5 Å². The maximum atomic E-state index is 12.3. The summed E-state index contributed by atoms with van der Waals surface area (Å²) in [6, 6.07) is 13.6. The van der Waals surface area contributed by atoms with Gasteiger partial charge < -0.3 is 14.8 Å². The van der Waals surface area contributed by atoms with Crippen LogP contribution in [0.3, 0.4) is 0 Å². The minimum absolute atomic E-state index is 0.0795. The molecule has 7 nitrogen and oxygen atoms in total. The number of sulfonamides is 1. The van der Waals surface area contributed by atoms with Crippen molar-refractivity contribution in [1.82, 2.24) is 5.32 Å². The Balaban J connectivity index is 1.57. The summed E-state index contributed by atoms with van der Waals surface area (Å²) in [5.74, 6) is 0.251. The molecule has 2 aromatic rings. The topological polar surface area (TPSA) is 84.9 Å². The Hall–Kier alpha value is -2.29. The molecule has 3 rings (SSSR count). The van der Waals surface area contributed by atoms with Gasteiger partial charge in [0.1, 0.15) is 5.75 Å². The Morgan fingerprint density at radius 3 is 2.50 bits per heavy atom. The second-order valence-corrected chi connectivity index (χ2v) is 9.46. The lowest BCUT2D eigenvalue weighted by Gasteiger charge is -2.23. The molecule has 0 aromatic heterocycles. The van der Waals surface area contributed by atoms with E-state index in [2.05, 4.69) is 5.32 Å². The standard InChI is InChI=1S/C21H25ClN2O5S/c1-30(26,27)24(14-16-4-6-17(22)7-5-16)18-8-10-19(11-9-18)29-15-21(25)23-13-20-3-2-12-28-20/h4-11,20H,2-3,12-15H2,1H3,(H,23,25). The zero-order valence-electron chi connectivity index (χ0n) is 16.7. The van der Waals surface area contributed by atoms with E-state index in [0.29, 0.717) is 23.0 Å². The molecule has 1 N–H and O–H groups in total. The van der Waals surface area contributed by atoms with Gasteiger partial charge in [-0.1, -0.05) is 23.7 Å². The number of rotatable bonds is 9. The van der Waals surface area contributed by atoms with Gasteiger partial charge in [0.05, 0.1) is 24.6 Å². The summed E-state index contributed by atoms with van der Waals surface area (Å²) in [4.78, 5) is 11.9. The summed E-state index contributed by atoms with van der Waals surface area (Å²) in [5, 5.41) is 3.38. The molecular weight excluding hydrogens is 428 g/mol. The molecule has 1 aliphatic rings. The van der Waals surface area contributed by atoms with Crippen molar-refractivity contribution in [2.75, 3.05) is 30.3 Å². The largest absolute Gasteiger partial charge is 0.484 e. The molecule has 1 heterocycles. The molecule has 2 aromatic carbocycles. The first-order valence-corrected chi connectivity index (χ1v) is 11.9. The minimum atomic E-state index is -3.50. The number of benzene rings is 2. The number of carbonyl (C=O) groups excluding carboxylic acids is 1. The van der Waals surface area contributed by atoms with Crippen molar-refractivity contribution >= 4 is 33.2 Å². The molecule has 0 bridgehead atoms. The Labute approximate surface area is 182 Å². The van der Waals surface area contributed by atoms with Gasteiger partial charge in [-0.3, -0.25) is 9.10 Å². The monoisotopic (exact) mass is 452 g/mol. The lowest BCUT2D eigenvalue weighted by molar-refractivity contribution is -0.123. The Kier molecular flexibility index (Phi) is 7.58. The van der Waals surface area contributed by atoms with E-state index in [4.69, 9.17) is 21.1 Å². The highest BCUT2D eigenvalue weighted by molar-refractivity contribution is 7.92. The minimum Gasteiger partial charge on any atom is -0.484 e. The highest BCUT2D eigenvalue weighted by Gasteiger charge is 2.19. The zero-order valence-corrected chi connectivity index (χ0v) is 18.3. The van der Waals surface area contributed by atoms with Crippen molar-refractivity contribution in [3.05, 3.63) is 59.1 Å². The van der Waals surface area contributed by atoms with E-state index in [0.717, 1.165) is 31.3 Å². The molecule has 30 heavy (non-hydrogen) atoms. The van der Waals surface area contributed by atoms with Crippen LogP contribution in [0, 0.1) is 0 Å². The first-order valence-electron chi connectivity index (χ1n) is 9.64. The summed E-state index contributed by atoms with van der Waals surface area (Å²) in [5.41, 5.74) is 1.32. The average molecular weight is 453 g/mol. The van der Waals surface area contributed by atoms with Crippen LogP contribution in [0.4, 0.5) is 5.69 Å². The molecule has 1 saturated heterocycles. The third kappa shape index (κ3) is 6.62. The van der Waals surface area contributed by atoms with Crippen molar-refractivity contribution in [1.29, 1.82) is 0 Å². The number of halogens is 1. The summed E-state index contributed by atoms with van der Waals surface area (Å²) in [6.45, 7) is 1.29. The predicted octanol–water partition coefficient (Wildman–Crippen LogP) is 2.98. The Morgan fingerprint density at radius 1 is 1.20 bits per heavy atom. The highest BCUT2D eigenvalue weighted by Crippen LogP contribution is 2.24. The van der Waals surface area contributed by atoms with Gasteiger partial charge in [0.2, 0.25) is 10.0 Å². The second kappa shape index (κ2) is 10.1. The zero-order chi connectivity index (χ0) is 21.6. The van der Waals surface area contributed by atoms with Gasteiger partial charge in [0.25, 0.3) is 5.91 Å². The molecule has 1 fully saturated rings. The number of hydrogen-bond donors (Lipinski definition) is 1. The van der Waals surface area contributed by atoms with Crippen LogP contribution in [0.15, 0.2) is 48.5 Å². The van der Waals surface area contributed by atoms with Crippen molar-refractivity contribution in [3.8, 4) is 5.75 Å². The molecule has 1 aliphatic heterocycles. The van der Waals surface area contributed by atoms with E-state index in [9.17, 15) is 13.2 Å². The number of nitrogens with zero attached hydrogens (tertiary/aromatic N) is 1. The Bertz CT molecular complexity index is 942. The SMILES string of the molecule is CS(=O)(=O)N(Cc1ccc(Cl)cc1)c1ccc(OCC(=O)NCC2CCCO2)cc1. The molecule has 0 radical (unpaired) electrons. The molecule has 162 valence electrons. The third-order valence-corrected chi connectivity index (χ3v) is 6.08. The van der Waals surface area contributed by atoms with Gasteiger partial charge in [-0.2, -0.15) is 0 Å². The number of ether oxygens (including phenoxy) is 2. The van der Waals surface area contributed by atoms with Crippen LogP contribution < -0.4 is 14.4 Å². The molecular formula is C21H25ClN2O5S. The fraction of sp³-hybridized carbons (Fsp3) is 0.381. The van der Waals surface area contributed by atoms with Crippen LogP contribution >= 0.6 is 11.6 Å². The van der Waals surface area contributed by atoms with Gasteiger partial charge in [0, 0.05) is 18.2 Å². The second-order valence-electron chi connectivity index (χ2n) is 7.12. The van der Waals surface area contributed by atoms with E-state index in [-0.39, 0.29) is 25.2 Å². The molecule has 9 heteroatoms. The third-order valence-electron chi connectivity index (χ3n) is 4.69. The van der Waals surface area contributed by atoms with Crippen LogP contribution in [0.5, 0.6) is 5.75 Å². The van der Waals surface area contributed by atoms with Crippen molar-refractivity contribution < 1.29 is 22.7 Å². The highest BCUT2D eigenvalue weighted by atomic mass is 35.5. The summed E-state index contributed by atoms with van der Waals surface area (Å²) >= 11 is 5.90. The van der Waals surface area contributed by atoms with E-state index in [1.807, 2.05) is 0 Å². The number of hydrogen-bond acceptors (Lipinski definition) is 5. The van der Waals surface area contributed by atoms with E-state index in [1.165, 1.54) is 4.31 Å². The summed E-state index contributed by atoms with van der Waals surface area (Å²) in [7, 11) is -3.50. The molecule has 1 unspecified atom stereocenters. The number of amides is 1. The number of nitrogens with one attached hydrogen (secondary N) is 1. The predicted molar refractivity (Wildman–Crippen MR) is 116 cm³/mol. The van der Waals surface area contributed by atoms with Crippen LogP contribution in [0.1, 0.15) is 18.4 Å². The quantitative estimate of drug-likeness (QED) is 0.632. The molecule has 0 spiro atoms.